The maximum Gasteiger partial charge on any atom is 0.251 e. The molecular formula is C19H21FN6O. The highest BCUT2D eigenvalue weighted by Crippen LogP contribution is 2.18. The van der Waals surface area contributed by atoms with E-state index in [9.17, 15) is 9.18 Å². The van der Waals surface area contributed by atoms with E-state index in [2.05, 4.69) is 20.8 Å². The third kappa shape index (κ3) is 4.35. The Morgan fingerprint density at radius 1 is 1.22 bits per heavy atom. The summed E-state index contributed by atoms with van der Waals surface area (Å²) in [5.74, 6) is 0.175. The fraction of sp³-hybridized carbons (Fsp3) is 0.263. The molecule has 3 aromatic rings. The van der Waals surface area contributed by atoms with Gasteiger partial charge in [-0.05, 0) is 73.4 Å². The van der Waals surface area contributed by atoms with Crippen LogP contribution in [0.5, 0.6) is 0 Å². The summed E-state index contributed by atoms with van der Waals surface area (Å²) in [6, 6.07) is 13.3. The van der Waals surface area contributed by atoms with Crippen LogP contribution in [0.4, 0.5) is 4.39 Å². The smallest absolute Gasteiger partial charge is 0.251 e. The summed E-state index contributed by atoms with van der Waals surface area (Å²) in [6.07, 6.45) is 0. The highest BCUT2D eigenvalue weighted by Gasteiger charge is 2.16. The topological polar surface area (TPSA) is 75.9 Å². The van der Waals surface area contributed by atoms with E-state index in [1.165, 1.54) is 12.1 Å². The summed E-state index contributed by atoms with van der Waals surface area (Å²) in [4.78, 5) is 14.4. The lowest BCUT2D eigenvalue weighted by Crippen LogP contribution is -2.34. The van der Waals surface area contributed by atoms with Gasteiger partial charge in [0, 0.05) is 12.1 Å². The Hall–Kier alpha value is -3.13. The molecule has 7 nitrogen and oxygen atoms in total. The zero-order valence-electron chi connectivity index (χ0n) is 15.4. The molecule has 1 amide bonds. The average Bonchev–Trinajstić information content (AvgIpc) is 3.07. The first-order chi connectivity index (χ1) is 13.0. The number of amides is 1. The van der Waals surface area contributed by atoms with Crippen molar-refractivity contribution in [1.29, 1.82) is 0 Å². The van der Waals surface area contributed by atoms with E-state index in [1.807, 2.05) is 25.1 Å². The van der Waals surface area contributed by atoms with Crippen LogP contribution in [-0.2, 0) is 0 Å². The van der Waals surface area contributed by atoms with Gasteiger partial charge in [0.25, 0.3) is 5.91 Å². The highest BCUT2D eigenvalue weighted by molar-refractivity contribution is 5.94. The molecule has 1 aromatic heterocycles. The van der Waals surface area contributed by atoms with E-state index in [0.717, 1.165) is 11.3 Å². The van der Waals surface area contributed by atoms with E-state index < -0.39 is 0 Å². The van der Waals surface area contributed by atoms with Crippen LogP contribution in [0.3, 0.4) is 0 Å². The van der Waals surface area contributed by atoms with Gasteiger partial charge in [-0.3, -0.25) is 4.79 Å². The largest absolute Gasteiger partial charge is 0.350 e. The molecule has 0 spiro atoms. The van der Waals surface area contributed by atoms with Crippen molar-refractivity contribution >= 4 is 5.91 Å². The van der Waals surface area contributed by atoms with Gasteiger partial charge in [-0.25, -0.2) is 4.39 Å². The fourth-order valence-corrected chi connectivity index (χ4v) is 2.83. The normalized spacial score (nSPS) is 12.2. The molecule has 0 aliphatic rings. The van der Waals surface area contributed by atoms with Crippen molar-refractivity contribution in [1.82, 2.24) is 30.4 Å². The Morgan fingerprint density at radius 3 is 2.56 bits per heavy atom. The SMILES string of the molecule is Cc1nnnn1-c1ccc(C(=O)NCC(c2cccc(F)c2)N(C)C)cc1. The number of halogens is 1. The van der Waals surface area contributed by atoms with E-state index in [4.69, 9.17) is 0 Å². The maximum atomic E-state index is 13.5. The number of carbonyl (C=O) groups is 1. The predicted molar refractivity (Wildman–Crippen MR) is 99.1 cm³/mol. The number of carbonyl (C=O) groups excluding carboxylic acids is 1. The zero-order valence-corrected chi connectivity index (χ0v) is 15.4. The number of nitrogens with zero attached hydrogens (tertiary/aromatic N) is 5. The van der Waals surface area contributed by atoms with Gasteiger partial charge < -0.3 is 10.2 Å². The van der Waals surface area contributed by atoms with Crippen LogP contribution >= 0.6 is 0 Å². The third-order valence-electron chi connectivity index (χ3n) is 4.31. The number of aryl methyl sites for hydroxylation is 1. The zero-order chi connectivity index (χ0) is 19.4. The Kier molecular flexibility index (Phi) is 5.56. The number of hydrogen-bond acceptors (Lipinski definition) is 5. The Bertz CT molecular complexity index is 922. The summed E-state index contributed by atoms with van der Waals surface area (Å²) >= 11 is 0. The maximum absolute atomic E-state index is 13.5. The summed E-state index contributed by atoms with van der Waals surface area (Å²) in [6.45, 7) is 2.16. The molecule has 0 saturated heterocycles. The second-order valence-corrected chi connectivity index (χ2v) is 6.43. The van der Waals surface area contributed by atoms with Crippen LogP contribution in [0, 0.1) is 12.7 Å². The monoisotopic (exact) mass is 368 g/mol. The van der Waals surface area contributed by atoms with Crippen LogP contribution in [0.25, 0.3) is 5.69 Å². The molecule has 1 atom stereocenters. The van der Waals surface area contributed by atoms with Gasteiger partial charge >= 0.3 is 0 Å². The van der Waals surface area contributed by atoms with E-state index in [1.54, 1.807) is 41.9 Å². The molecular weight excluding hydrogens is 347 g/mol. The number of aromatic nitrogens is 4. The van der Waals surface area contributed by atoms with E-state index in [0.29, 0.717) is 17.9 Å². The molecule has 8 heteroatoms. The molecule has 0 radical (unpaired) electrons. The predicted octanol–water partition coefficient (Wildman–Crippen LogP) is 2.14. The molecule has 0 saturated carbocycles. The molecule has 3 rings (SSSR count). The van der Waals surface area contributed by atoms with Crippen molar-refractivity contribution < 1.29 is 9.18 Å². The van der Waals surface area contributed by atoms with Crippen molar-refractivity contribution in [3.63, 3.8) is 0 Å². The fourth-order valence-electron chi connectivity index (χ4n) is 2.83. The molecule has 0 bridgehead atoms. The minimum atomic E-state index is -0.292. The van der Waals surface area contributed by atoms with Crippen LogP contribution in [0.1, 0.15) is 27.8 Å². The molecule has 0 aliphatic heterocycles. The lowest BCUT2D eigenvalue weighted by Gasteiger charge is -2.25. The molecule has 2 aromatic carbocycles. The Balaban J connectivity index is 1.68. The Morgan fingerprint density at radius 2 is 1.96 bits per heavy atom. The van der Waals surface area contributed by atoms with Crippen LogP contribution in [-0.4, -0.2) is 51.7 Å². The number of rotatable bonds is 6. The first-order valence-corrected chi connectivity index (χ1v) is 8.51. The lowest BCUT2D eigenvalue weighted by molar-refractivity contribution is 0.0942. The van der Waals surface area contributed by atoms with Gasteiger partial charge in [-0.2, -0.15) is 4.68 Å². The Labute approximate surface area is 156 Å². The lowest BCUT2D eigenvalue weighted by atomic mass is 10.1. The second kappa shape index (κ2) is 8.05. The standard InChI is InChI=1S/C19H21FN6O/c1-13-22-23-24-26(13)17-9-7-14(8-10-17)19(27)21-12-18(25(2)3)15-5-4-6-16(20)11-15/h4-11,18H,12H2,1-3H3,(H,21,27). The summed E-state index contributed by atoms with van der Waals surface area (Å²) in [5.41, 5.74) is 2.12. The third-order valence-corrected chi connectivity index (χ3v) is 4.31. The van der Waals surface area contributed by atoms with Crippen LogP contribution in [0.2, 0.25) is 0 Å². The average molecular weight is 368 g/mol. The van der Waals surface area contributed by atoms with Gasteiger partial charge in [-0.15, -0.1) is 5.10 Å². The van der Waals surface area contributed by atoms with E-state index in [-0.39, 0.29) is 17.8 Å². The highest BCUT2D eigenvalue weighted by atomic mass is 19.1. The first kappa shape index (κ1) is 18.7. The van der Waals surface area contributed by atoms with Crippen LogP contribution < -0.4 is 5.32 Å². The quantitative estimate of drug-likeness (QED) is 0.721. The molecule has 140 valence electrons. The number of tetrazole rings is 1. The van der Waals surface area contributed by atoms with Gasteiger partial charge in [0.05, 0.1) is 11.7 Å². The minimum Gasteiger partial charge on any atom is -0.350 e. The number of nitrogens with one attached hydrogen (secondary N) is 1. The van der Waals surface area contributed by atoms with Crippen molar-refractivity contribution in [2.45, 2.75) is 13.0 Å². The molecule has 27 heavy (non-hydrogen) atoms. The van der Waals surface area contributed by atoms with Gasteiger partial charge in [0.1, 0.15) is 5.82 Å². The second-order valence-electron chi connectivity index (χ2n) is 6.43. The van der Waals surface area contributed by atoms with E-state index >= 15 is 0 Å². The van der Waals surface area contributed by atoms with Gasteiger partial charge in [-0.1, -0.05) is 12.1 Å². The van der Waals surface area contributed by atoms with Gasteiger partial charge in [0.2, 0.25) is 0 Å². The number of benzene rings is 2. The molecule has 1 N–H and O–H groups in total. The van der Waals surface area contributed by atoms with Crippen molar-refractivity contribution in [2.24, 2.45) is 0 Å². The summed E-state index contributed by atoms with van der Waals surface area (Å²) < 4.78 is 15.1. The summed E-state index contributed by atoms with van der Waals surface area (Å²) in [7, 11) is 3.79. The van der Waals surface area contributed by atoms with Crippen molar-refractivity contribution in [3.8, 4) is 5.69 Å². The molecule has 0 fully saturated rings. The van der Waals surface area contributed by atoms with Gasteiger partial charge in [0.15, 0.2) is 5.82 Å². The minimum absolute atomic E-state index is 0.132. The molecule has 0 aliphatic carbocycles. The number of likely N-dealkylation sites (N-methyl/N-ethyl adjacent to an activating group) is 1. The van der Waals surface area contributed by atoms with Crippen LogP contribution in [0.15, 0.2) is 48.5 Å². The molecule has 1 unspecified atom stereocenters. The first-order valence-electron chi connectivity index (χ1n) is 8.51. The molecule has 1 heterocycles. The summed E-state index contributed by atoms with van der Waals surface area (Å²) in [5, 5.41) is 14.3. The van der Waals surface area contributed by atoms with Crippen molar-refractivity contribution in [2.75, 3.05) is 20.6 Å². The van der Waals surface area contributed by atoms with Crippen molar-refractivity contribution in [3.05, 3.63) is 71.3 Å². The number of hydrogen-bond donors (Lipinski definition) is 1.